The minimum atomic E-state index is 0.215. The number of thiophene rings is 1. The summed E-state index contributed by atoms with van der Waals surface area (Å²) in [5, 5.41) is 19.2. The third-order valence-corrected chi connectivity index (χ3v) is 7.09. The Kier molecular flexibility index (Phi) is 5.49. The van der Waals surface area contributed by atoms with Crippen molar-refractivity contribution in [2.75, 3.05) is 24.2 Å². The molecule has 4 N–H and O–H groups in total. The Morgan fingerprint density at radius 3 is 2.81 bits per heavy atom. The number of carbonyl (C=O) groups is 1. The largest absolute Gasteiger partial charge is 0.351 e. The SMILES string of the molecule is CNCC(=O)N1[C@@H]2CCC[C@H]1C[C@H](Nc1nc(Nc3cc(C)[nH]n3)c3sccc3n1)C2. The van der Waals surface area contributed by atoms with Crippen molar-refractivity contribution in [3.63, 3.8) is 0 Å². The Balaban J connectivity index is 1.35. The van der Waals surface area contributed by atoms with E-state index in [0.717, 1.165) is 53.2 Å². The van der Waals surface area contributed by atoms with Crippen molar-refractivity contribution < 1.29 is 4.79 Å². The van der Waals surface area contributed by atoms with Crippen LogP contribution in [0.3, 0.4) is 0 Å². The lowest BCUT2D eigenvalue weighted by molar-refractivity contribution is -0.139. The number of carbonyl (C=O) groups excluding carboxylic acids is 1. The third kappa shape index (κ3) is 4.09. The molecule has 2 bridgehead atoms. The summed E-state index contributed by atoms with van der Waals surface area (Å²) in [6.07, 6.45) is 5.19. The number of anilines is 3. The number of amides is 1. The summed E-state index contributed by atoms with van der Waals surface area (Å²) >= 11 is 1.61. The first-order chi connectivity index (χ1) is 15.1. The van der Waals surface area contributed by atoms with Gasteiger partial charge in [-0.25, -0.2) is 4.98 Å². The molecule has 5 heterocycles. The zero-order valence-corrected chi connectivity index (χ0v) is 18.6. The van der Waals surface area contributed by atoms with Crippen LogP contribution in [0.2, 0.25) is 0 Å². The standard InChI is InChI=1S/C21H28N8OS/c1-12-8-17(28-27-12)25-20-19-16(6-7-31-19)24-21(26-20)23-13-9-14-4-3-5-15(10-13)29(14)18(30)11-22-2/h6-8,13-15,22H,3-5,9-11H2,1-2H3,(H3,23,24,25,26,27,28)/t13-,14-,15+. The summed E-state index contributed by atoms with van der Waals surface area (Å²) in [4.78, 5) is 24.3. The summed E-state index contributed by atoms with van der Waals surface area (Å²) in [5.41, 5.74) is 1.91. The molecule has 31 heavy (non-hydrogen) atoms. The molecule has 0 aromatic carbocycles. The molecule has 0 saturated carbocycles. The van der Waals surface area contributed by atoms with E-state index in [1.807, 2.05) is 31.5 Å². The van der Waals surface area contributed by atoms with Gasteiger partial charge in [0.1, 0.15) is 0 Å². The van der Waals surface area contributed by atoms with Gasteiger partial charge in [0, 0.05) is 29.9 Å². The number of hydrogen-bond acceptors (Lipinski definition) is 8. The van der Waals surface area contributed by atoms with Gasteiger partial charge in [-0.3, -0.25) is 9.89 Å². The van der Waals surface area contributed by atoms with Crippen LogP contribution in [0, 0.1) is 6.92 Å². The van der Waals surface area contributed by atoms with E-state index in [0.29, 0.717) is 24.6 Å². The lowest BCUT2D eigenvalue weighted by atomic mass is 9.81. The molecule has 164 valence electrons. The van der Waals surface area contributed by atoms with Crippen LogP contribution < -0.4 is 16.0 Å². The minimum Gasteiger partial charge on any atom is -0.351 e. The number of piperidine rings is 2. The van der Waals surface area contributed by atoms with E-state index in [4.69, 9.17) is 9.97 Å². The molecule has 0 radical (unpaired) electrons. The van der Waals surface area contributed by atoms with Crippen molar-refractivity contribution in [1.82, 2.24) is 30.4 Å². The number of aromatic amines is 1. The van der Waals surface area contributed by atoms with E-state index in [1.54, 1.807) is 11.3 Å². The zero-order valence-electron chi connectivity index (χ0n) is 17.8. The van der Waals surface area contributed by atoms with Crippen molar-refractivity contribution in [2.24, 2.45) is 0 Å². The highest BCUT2D eigenvalue weighted by atomic mass is 32.1. The molecule has 10 heteroatoms. The van der Waals surface area contributed by atoms with Gasteiger partial charge in [0.25, 0.3) is 0 Å². The highest BCUT2D eigenvalue weighted by Crippen LogP contribution is 2.36. The molecule has 0 spiro atoms. The van der Waals surface area contributed by atoms with Gasteiger partial charge in [-0.15, -0.1) is 11.3 Å². The molecule has 5 rings (SSSR count). The number of aryl methyl sites for hydroxylation is 1. The fourth-order valence-corrected chi connectivity index (χ4v) is 5.72. The Bertz CT molecular complexity index is 1060. The molecular formula is C21H28N8OS. The minimum absolute atomic E-state index is 0.215. The summed E-state index contributed by atoms with van der Waals surface area (Å²) in [5.74, 6) is 2.34. The Morgan fingerprint density at radius 2 is 2.10 bits per heavy atom. The Labute approximate surface area is 185 Å². The van der Waals surface area contributed by atoms with Crippen LogP contribution in [0.4, 0.5) is 17.6 Å². The number of rotatable bonds is 6. The number of H-pyrrole nitrogens is 1. The summed E-state index contributed by atoms with van der Waals surface area (Å²) in [6.45, 7) is 2.38. The molecule has 2 saturated heterocycles. The maximum absolute atomic E-state index is 12.6. The molecule has 2 aliphatic heterocycles. The van der Waals surface area contributed by atoms with Gasteiger partial charge in [0.15, 0.2) is 11.6 Å². The highest BCUT2D eigenvalue weighted by molar-refractivity contribution is 7.17. The second-order valence-corrected chi connectivity index (χ2v) is 9.39. The monoisotopic (exact) mass is 440 g/mol. The van der Waals surface area contributed by atoms with Crippen molar-refractivity contribution >= 4 is 45.0 Å². The molecule has 2 fully saturated rings. The molecule has 3 aromatic rings. The van der Waals surface area contributed by atoms with Crippen LogP contribution in [0.25, 0.3) is 10.2 Å². The Hall–Kier alpha value is -2.72. The molecule has 3 atom stereocenters. The maximum atomic E-state index is 12.6. The topological polar surface area (TPSA) is 111 Å². The molecule has 0 unspecified atom stereocenters. The van der Waals surface area contributed by atoms with Crippen LogP contribution in [0.1, 0.15) is 37.8 Å². The number of nitrogens with zero attached hydrogens (tertiary/aromatic N) is 4. The summed E-state index contributed by atoms with van der Waals surface area (Å²) < 4.78 is 1.01. The smallest absolute Gasteiger partial charge is 0.237 e. The fourth-order valence-electron chi connectivity index (χ4n) is 4.95. The van der Waals surface area contributed by atoms with Gasteiger partial charge in [-0.05, 0) is 57.5 Å². The van der Waals surface area contributed by atoms with E-state index >= 15 is 0 Å². The van der Waals surface area contributed by atoms with Gasteiger partial charge in [0.05, 0.1) is 16.8 Å². The van der Waals surface area contributed by atoms with Crippen molar-refractivity contribution in [2.45, 2.75) is 57.2 Å². The van der Waals surface area contributed by atoms with E-state index in [1.165, 1.54) is 6.42 Å². The van der Waals surface area contributed by atoms with Gasteiger partial charge in [-0.1, -0.05) is 0 Å². The summed E-state index contributed by atoms with van der Waals surface area (Å²) in [7, 11) is 1.83. The molecule has 9 nitrogen and oxygen atoms in total. The predicted octanol–water partition coefficient (Wildman–Crippen LogP) is 3.01. The molecule has 1 amide bonds. The number of hydrogen-bond donors (Lipinski definition) is 4. The summed E-state index contributed by atoms with van der Waals surface area (Å²) in [6, 6.07) is 4.81. The van der Waals surface area contributed by atoms with Gasteiger partial charge >= 0.3 is 0 Å². The van der Waals surface area contributed by atoms with Gasteiger partial charge < -0.3 is 20.9 Å². The first-order valence-electron chi connectivity index (χ1n) is 10.9. The normalized spacial score (nSPS) is 23.2. The number of aromatic nitrogens is 4. The van der Waals surface area contributed by atoms with E-state index in [9.17, 15) is 4.79 Å². The second-order valence-electron chi connectivity index (χ2n) is 8.47. The van der Waals surface area contributed by atoms with Crippen molar-refractivity contribution in [3.8, 4) is 0 Å². The number of likely N-dealkylation sites (N-methyl/N-ethyl adjacent to an activating group) is 1. The first-order valence-corrected chi connectivity index (χ1v) is 11.7. The highest BCUT2D eigenvalue weighted by Gasteiger charge is 2.40. The van der Waals surface area contributed by atoms with Crippen LogP contribution in [0.15, 0.2) is 17.5 Å². The number of nitrogens with one attached hydrogen (secondary N) is 4. The first kappa shape index (κ1) is 20.2. The van der Waals surface area contributed by atoms with E-state index in [2.05, 4.69) is 31.0 Å². The van der Waals surface area contributed by atoms with E-state index in [-0.39, 0.29) is 11.9 Å². The maximum Gasteiger partial charge on any atom is 0.237 e. The Morgan fingerprint density at radius 1 is 1.29 bits per heavy atom. The molecule has 2 aliphatic rings. The second kappa shape index (κ2) is 8.43. The molecule has 3 aromatic heterocycles. The van der Waals surface area contributed by atoms with Crippen LogP contribution >= 0.6 is 11.3 Å². The van der Waals surface area contributed by atoms with E-state index < -0.39 is 0 Å². The van der Waals surface area contributed by atoms with Crippen molar-refractivity contribution in [1.29, 1.82) is 0 Å². The lowest BCUT2D eigenvalue weighted by Crippen LogP contribution is -2.58. The molecular weight excluding hydrogens is 412 g/mol. The van der Waals surface area contributed by atoms with Crippen LogP contribution in [-0.2, 0) is 4.79 Å². The van der Waals surface area contributed by atoms with Gasteiger partial charge in [-0.2, -0.15) is 10.1 Å². The molecule has 0 aliphatic carbocycles. The van der Waals surface area contributed by atoms with Gasteiger partial charge in [0.2, 0.25) is 11.9 Å². The number of fused-ring (bicyclic) bond motifs is 3. The van der Waals surface area contributed by atoms with Crippen molar-refractivity contribution in [3.05, 3.63) is 23.2 Å². The quantitative estimate of drug-likeness (QED) is 0.466. The van der Waals surface area contributed by atoms with Crippen LogP contribution in [0.5, 0.6) is 0 Å². The zero-order chi connectivity index (χ0) is 21.4. The lowest BCUT2D eigenvalue weighted by Gasteiger charge is -2.49. The average Bonchev–Trinajstić information content (AvgIpc) is 3.36. The third-order valence-electron chi connectivity index (χ3n) is 6.18. The average molecular weight is 441 g/mol. The van der Waals surface area contributed by atoms with Crippen LogP contribution in [-0.4, -0.2) is 62.7 Å². The predicted molar refractivity (Wildman–Crippen MR) is 123 cm³/mol. The fraction of sp³-hybridized carbons (Fsp3) is 0.524.